The van der Waals surface area contributed by atoms with Gasteiger partial charge in [-0.15, -0.1) is 0 Å². The van der Waals surface area contributed by atoms with Crippen LogP contribution in [0.1, 0.15) is 186 Å². The van der Waals surface area contributed by atoms with Crippen LogP contribution in [0, 0.1) is 0 Å². The van der Waals surface area contributed by atoms with Crippen LogP contribution in [0.4, 0.5) is 0 Å². The van der Waals surface area contributed by atoms with Crippen molar-refractivity contribution in [1.29, 1.82) is 0 Å². The summed E-state index contributed by atoms with van der Waals surface area (Å²) in [7, 11) is 0. The van der Waals surface area contributed by atoms with Gasteiger partial charge in [0, 0.05) is 10.9 Å². The van der Waals surface area contributed by atoms with Gasteiger partial charge in [0.15, 0.2) is 0 Å². The Balaban J connectivity index is 0.000000127. The molecule has 4 heterocycles. The first-order valence-corrected chi connectivity index (χ1v) is 42.0. The summed E-state index contributed by atoms with van der Waals surface area (Å²) < 4.78 is 26.0. The second-order valence-corrected chi connectivity index (χ2v) is 37.2. The van der Waals surface area contributed by atoms with E-state index in [1.165, 1.54) is 121 Å². The number of ether oxygens (including phenoxy) is 4. The third kappa shape index (κ3) is 16.4. The maximum absolute atomic E-state index is 6.64. The van der Waals surface area contributed by atoms with E-state index in [9.17, 15) is 0 Å². The Morgan fingerprint density at radius 2 is 0.440 bits per heavy atom. The Bertz CT molecular complexity index is 5670. The van der Waals surface area contributed by atoms with Crippen LogP contribution in [0.3, 0.4) is 0 Å². The highest BCUT2D eigenvalue weighted by molar-refractivity contribution is 6.99. The van der Waals surface area contributed by atoms with E-state index in [-0.39, 0.29) is 45.9 Å². The second-order valence-electron chi connectivity index (χ2n) is 37.2. The van der Waals surface area contributed by atoms with Gasteiger partial charge in [0.2, 0.25) is 0 Å². The molecule has 584 valence electrons. The van der Waals surface area contributed by atoms with Crippen LogP contribution < -0.4 is 51.7 Å². The van der Waals surface area contributed by atoms with Gasteiger partial charge in [-0.2, -0.15) is 0 Å². The quantitative estimate of drug-likeness (QED) is 0.130. The number of hydrogen-bond donors (Lipinski definition) is 0. The Labute approximate surface area is 692 Å². The number of hydrogen-bond acceptors (Lipinski definition) is 4. The fourth-order valence-electron chi connectivity index (χ4n) is 16.5. The molecule has 0 spiro atoms. The molecule has 0 saturated heterocycles. The average Bonchev–Trinajstić information content (AvgIpc) is 0.715. The van der Waals surface area contributed by atoms with Crippen molar-refractivity contribution >= 4 is 89.3 Å². The van der Waals surface area contributed by atoms with E-state index in [1.54, 1.807) is 0 Å². The molecule has 15 aromatic carbocycles. The first kappa shape index (κ1) is 81.2. The van der Waals surface area contributed by atoms with Crippen molar-refractivity contribution in [2.45, 2.75) is 185 Å². The molecule has 4 nitrogen and oxygen atoms in total. The first-order valence-electron chi connectivity index (χ1n) is 42.0. The summed E-state index contributed by atoms with van der Waals surface area (Å²) in [5, 5.41) is 10.5. The Kier molecular flexibility index (Phi) is 22.4. The highest BCUT2D eigenvalue weighted by Gasteiger charge is 2.43. The average molecular weight is 1520 g/mol. The van der Waals surface area contributed by atoms with Crippen molar-refractivity contribution in [2.24, 2.45) is 0 Å². The minimum atomic E-state index is 0.0465. The summed E-state index contributed by atoms with van der Waals surface area (Å²) in [5.41, 5.74) is 23.1. The van der Waals surface area contributed by atoms with Crippen LogP contribution in [0.5, 0.6) is 46.0 Å². The van der Waals surface area contributed by atoms with E-state index < -0.39 is 0 Å². The first-order chi connectivity index (χ1) is 55.3. The van der Waals surface area contributed by atoms with Gasteiger partial charge in [0.25, 0.3) is 13.4 Å². The number of fused-ring (bicyclic) bond motifs is 12. The lowest BCUT2D eigenvalue weighted by atomic mass is 9.34. The van der Waals surface area contributed by atoms with Gasteiger partial charge < -0.3 is 18.9 Å². The molecule has 4 aliphatic heterocycles. The molecule has 0 unspecified atom stereocenters. The van der Waals surface area contributed by atoms with Crippen molar-refractivity contribution in [2.75, 3.05) is 0 Å². The minimum absolute atomic E-state index is 0.0465. The van der Waals surface area contributed by atoms with Gasteiger partial charge in [-0.25, -0.2) is 0 Å². The second kappa shape index (κ2) is 32.0. The molecule has 15 aromatic rings. The molecule has 0 atom stereocenters. The van der Waals surface area contributed by atoms with Gasteiger partial charge in [-0.3, -0.25) is 0 Å². The SMILES string of the molecule is CC.CC.CC(C)(C)c1ccc(-c2c3ccccc3cc3ccccc23)cc1.CC(C)(C)c1ccc(-c2c3ccccc3cc3ccccc23)cc1.CC(C)(C)c1ccc2c(c1)Oc1cc(-c3ccccc3)cc3c1B2c1ccc(C(C)(C)C)cc1O3.CC(C)(C)c1ccc2c(c1)Oc1cccc3c1B2c1ccc(C(C)(C)C)cc1O3. The van der Waals surface area contributed by atoms with Crippen LogP contribution >= 0.6 is 0 Å². The zero-order valence-corrected chi connectivity index (χ0v) is 72.5. The molecule has 0 amide bonds. The van der Waals surface area contributed by atoms with E-state index in [4.69, 9.17) is 18.9 Å². The van der Waals surface area contributed by atoms with Gasteiger partial charge in [-0.1, -0.05) is 383 Å². The van der Waals surface area contributed by atoms with Crippen molar-refractivity contribution in [3.05, 3.63) is 325 Å². The maximum Gasteiger partial charge on any atom is 0.260 e. The predicted molar refractivity (Wildman–Crippen MR) is 502 cm³/mol. The summed E-state index contributed by atoms with van der Waals surface area (Å²) in [6.45, 7) is 48.7. The normalized spacial score (nSPS) is 12.8. The summed E-state index contributed by atoms with van der Waals surface area (Å²) >= 11 is 0. The molecular weight excluding hydrogens is 1410 g/mol. The largest absolute Gasteiger partial charge is 0.458 e. The standard InChI is InChI=1S/C32H31BO2.C26H27BO2.2C24H22.2C2H6/c1-31(2,3)22-12-14-24-26(18-22)34-28-16-21(20-10-8-7-9-11-20)17-29-30(28)33(24)25-15-13-23(32(4,5)6)19-27(25)35-29;1-25(2,3)16-10-12-18-22(14-16)28-20-8-7-9-21-24(20)27(18)19-13-11-17(26(4,5)6)15-23(19)29-21;2*1-24(2,3)20-14-12-17(13-15-20)23-21-10-6-4-8-18(21)16-19-9-5-7-11-22(19)23;2*1-2/h7-19H,1-6H3;7-15H,1-6H3;2*4-16H,1-3H3;2*1-2H3. The molecular formula is C110H114B2O4. The summed E-state index contributed by atoms with van der Waals surface area (Å²) in [5.74, 6) is 7.37. The van der Waals surface area contributed by atoms with Crippen LogP contribution in [0.15, 0.2) is 291 Å². The Morgan fingerprint density at radius 3 is 0.724 bits per heavy atom. The zero-order chi connectivity index (χ0) is 82.6. The van der Waals surface area contributed by atoms with Crippen LogP contribution in [-0.2, 0) is 32.5 Å². The molecule has 0 fully saturated rings. The molecule has 0 radical (unpaired) electrons. The lowest BCUT2D eigenvalue weighted by Gasteiger charge is -2.35. The number of rotatable bonds is 3. The van der Waals surface area contributed by atoms with E-state index in [0.29, 0.717) is 0 Å². The molecule has 0 saturated carbocycles. The van der Waals surface area contributed by atoms with Crippen LogP contribution in [-0.4, -0.2) is 13.4 Å². The highest BCUT2D eigenvalue weighted by Crippen LogP contribution is 2.45. The van der Waals surface area contributed by atoms with Crippen molar-refractivity contribution in [3.8, 4) is 79.4 Å². The highest BCUT2D eigenvalue weighted by atomic mass is 16.5. The smallest absolute Gasteiger partial charge is 0.260 e. The topological polar surface area (TPSA) is 36.9 Å². The van der Waals surface area contributed by atoms with E-state index >= 15 is 0 Å². The Morgan fingerprint density at radius 1 is 0.190 bits per heavy atom. The summed E-state index contributed by atoms with van der Waals surface area (Å²) in [6, 6.07) is 105. The zero-order valence-electron chi connectivity index (χ0n) is 72.5. The maximum atomic E-state index is 6.64. The lowest BCUT2D eigenvalue weighted by Crippen LogP contribution is -2.57. The predicted octanol–water partition coefficient (Wildman–Crippen LogP) is 27.7. The van der Waals surface area contributed by atoms with Crippen molar-refractivity contribution in [1.82, 2.24) is 0 Å². The van der Waals surface area contributed by atoms with Gasteiger partial charge >= 0.3 is 0 Å². The monoisotopic (exact) mass is 1520 g/mol. The van der Waals surface area contributed by atoms with E-state index in [1.807, 2.05) is 39.8 Å². The fourth-order valence-corrected chi connectivity index (χ4v) is 16.5. The summed E-state index contributed by atoms with van der Waals surface area (Å²) in [6.07, 6.45) is 0. The molecule has 116 heavy (non-hydrogen) atoms. The van der Waals surface area contributed by atoms with Gasteiger partial charge in [-0.05, 0) is 225 Å². The van der Waals surface area contributed by atoms with E-state index in [2.05, 4.69) is 404 Å². The van der Waals surface area contributed by atoms with Crippen LogP contribution in [0.2, 0.25) is 0 Å². The summed E-state index contributed by atoms with van der Waals surface area (Å²) in [4.78, 5) is 0. The van der Waals surface area contributed by atoms with Crippen molar-refractivity contribution < 1.29 is 18.9 Å². The molecule has 6 heteroatoms. The van der Waals surface area contributed by atoms with E-state index in [0.717, 1.165) is 68.0 Å². The molecule has 0 aliphatic carbocycles. The molecule has 0 bridgehead atoms. The number of benzene rings is 15. The Hall–Kier alpha value is -11.3. The van der Waals surface area contributed by atoms with Crippen molar-refractivity contribution in [3.63, 3.8) is 0 Å². The van der Waals surface area contributed by atoms with Crippen LogP contribution in [0.25, 0.3) is 76.5 Å². The van der Waals surface area contributed by atoms with Gasteiger partial charge in [0.1, 0.15) is 46.0 Å². The third-order valence-corrected chi connectivity index (χ3v) is 23.1. The molecule has 19 rings (SSSR count). The molecule has 0 aromatic heterocycles. The molecule has 0 N–H and O–H groups in total. The fraction of sp³-hybridized carbons (Fsp3) is 0.255. The van der Waals surface area contributed by atoms with Gasteiger partial charge in [0.05, 0.1) is 0 Å². The third-order valence-electron chi connectivity index (χ3n) is 23.1. The molecule has 4 aliphatic rings. The minimum Gasteiger partial charge on any atom is -0.458 e. The lowest BCUT2D eigenvalue weighted by molar-refractivity contribution is 0.461.